The van der Waals surface area contributed by atoms with Crippen LogP contribution in [0.4, 0.5) is 5.82 Å². The van der Waals surface area contributed by atoms with Gasteiger partial charge in [-0.1, -0.05) is 30.3 Å². The molecule has 5 N–H and O–H groups in total. The number of amides is 1. The van der Waals surface area contributed by atoms with Gasteiger partial charge in [0.25, 0.3) is 5.56 Å². The normalized spacial score (nSPS) is 16.5. The van der Waals surface area contributed by atoms with Crippen LogP contribution in [-0.4, -0.2) is 64.1 Å². The van der Waals surface area contributed by atoms with Crippen LogP contribution in [-0.2, 0) is 12.1 Å². The lowest BCUT2D eigenvalue weighted by atomic mass is 10.0. The molecule has 2 fully saturated rings. The van der Waals surface area contributed by atoms with Crippen molar-refractivity contribution >= 4 is 11.7 Å². The number of anilines is 1. The maximum atomic E-state index is 13.8. The molecule has 2 aliphatic carbocycles. The number of nitrogens with two attached hydrogens (primary N) is 1. The number of aromatic nitrogens is 2. The largest absolute Gasteiger partial charge is 0.490 e. The van der Waals surface area contributed by atoms with E-state index < -0.39 is 17.6 Å². The predicted molar refractivity (Wildman–Crippen MR) is 147 cm³/mol. The van der Waals surface area contributed by atoms with Crippen LogP contribution < -0.4 is 26.2 Å². The van der Waals surface area contributed by atoms with Gasteiger partial charge in [0.1, 0.15) is 18.5 Å². The third kappa shape index (κ3) is 5.98. The Bertz CT molecular complexity index is 1370. The van der Waals surface area contributed by atoms with Crippen LogP contribution >= 0.6 is 0 Å². The van der Waals surface area contributed by atoms with Crippen LogP contribution in [0.25, 0.3) is 0 Å². The van der Waals surface area contributed by atoms with E-state index in [9.17, 15) is 14.7 Å². The molecule has 0 spiro atoms. The van der Waals surface area contributed by atoms with E-state index in [-0.39, 0.29) is 24.8 Å². The van der Waals surface area contributed by atoms with Crippen LogP contribution in [0.3, 0.4) is 0 Å². The van der Waals surface area contributed by atoms with Gasteiger partial charge in [-0.05, 0) is 49.4 Å². The fourth-order valence-corrected chi connectivity index (χ4v) is 5.13. The SMILES string of the molecule is NC(=O)c1cccc(Cn2ccnc(N(C3CC3)C3(c4ccccc4OC[C@H](O)CNCCO)CC3)c2=O)c1. The number of nitrogens with one attached hydrogen (secondary N) is 1. The van der Waals surface area contributed by atoms with Gasteiger partial charge in [-0.2, -0.15) is 0 Å². The fraction of sp³-hybridized carbons (Fsp3) is 0.414. The molecular formula is C29H35N5O5. The van der Waals surface area contributed by atoms with Crippen molar-refractivity contribution in [3.8, 4) is 5.75 Å². The number of hydrogen-bond donors (Lipinski definition) is 4. The number of aliphatic hydroxyl groups is 2. The second kappa shape index (κ2) is 11.6. The van der Waals surface area contributed by atoms with Gasteiger partial charge in [0, 0.05) is 42.7 Å². The van der Waals surface area contributed by atoms with Crippen molar-refractivity contribution in [1.82, 2.24) is 14.9 Å². The van der Waals surface area contributed by atoms with Gasteiger partial charge in [0.15, 0.2) is 5.82 Å². The highest BCUT2D eigenvalue weighted by atomic mass is 16.5. The molecule has 2 aliphatic rings. The predicted octanol–water partition coefficient (Wildman–Crippen LogP) is 1.37. The summed E-state index contributed by atoms with van der Waals surface area (Å²) < 4.78 is 7.70. The van der Waals surface area contributed by atoms with Crippen LogP contribution in [0, 0.1) is 0 Å². The minimum absolute atomic E-state index is 0.00488. The number of rotatable bonds is 14. The van der Waals surface area contributed by atoms with Gasteiger partial charge in [0.05, 0.1) is 18.7 Å². The average Bonchev–Trinajstić information content (AvgIpc) is 3.87. The van der Waals surface area contributed by atoms with E-state index in [4.69, 9.17) is 15.6 Å². The Kier molecular flexibility index (Phi) is 7.97. The van der Waals surface area contributed by atoms with Gasteiger partial charge in [-0.15, -0.1) is 0 Å². The zero-order chi connectivity index (χ0) is 27.4. The lowest BCUT2D eigenvalue weighted by molar-refractivity contribution is 0.1000. The maximum Gasteiger partial charge on any atom is 0.293 e. The van der Waals surface area contributed by atoms with Crippen LogP contribution in [0.15, 0.2) is 65.7 Å². The van der Waals surface area contributed by atoms with Gasteiger partial charge in [-0.25, -0.2) is 4.98 Å². The molecule has 1 aromatic heterocycles. The summed E-state index contributed by atoms with van der Waals surface area (Å²) in [6.45, 7) is 1.13. The number of benzene rings is 2. The van der Waals surface area contributed by atoms with Gasteiger partial charge in [0.2, 0.25) is 5.91 Å². The lowest BCUT2D eigenvalue weighted by Gasteiger charge is -2.34. The van der Waals surface area contributed by atoms with Gasteiger partial charge in [-0.3, -0.25) is 9.59 Å². The number of carbonyl (C=O) groups is 1. The van der Waals surface area contributed by atoms with E-state index >= 15 is 0 Å². The van der Waals surface area contributed by atoms with E-state index in [1.54, 1.807) is 35.2 Å². The van der Waals surface area contributed by atoms with Crippen molar-refractivity contribution in [2.75, 3.05) is 31.2 Å². The summed E-state index contributed by atoms with van der Waals surface area (Å²) in [7, 11) is 0. The third-order valence-corrected chi connectivity index (χ3v) is 7.27. The molecule has 0 saturated heterocycles. The second-order valence-corrected chi connectivity index (χ2v) is 10.3. The molecule has 0 radical (unpaired) electrons. The van der Waals surface area contributed by atoms with Crippen molar-refractivity contribution in [2.45, 2.75) is 49.9 Å². The number of primary amides is 1. The highest BCUT2D eigenvalue weighted by Gasteiger charge is 2.56. The minimum atomic E-state index is -0.727. The Hall–Kier alpha value is -3.73. The molecule has 1 heterocycles. The molecule has 0 aliphatic heterocycles. The Morgan fingerprint density at radius 1 is 1.23 bits per heavy atom. The summed E-state index contributed by atoms with van der Waals surface area (Å²) in [5, 5.41) is 22.2. The van der Waals surface area contributed by atoms with Crippen molar-refractivity contribution in [3.05, 3.63) is 88.0 Å². The summed E-state index contributed by atoms with van der Waals surface area (Å²) in [5.41, 5.74) is 7.02. The summed E-state index contributed by atoms with van der Waals surface area (Å²) in [6.07, 6.45) is 6.28. The standard InChI is InChI=1S/C29H35N5O5/c30-26(37)21-5-3-4-20(16-21)18-33-14-12-32-27(28(33)38)34(22-8-9-22)29(10-11-29)24-6-1-2-7-25(24)39-19-23(36)17-31-13-15-35/h1-7,12,14,16,22-23,31,35-36H,8-11,13,15,17-19H2,(H2,30,37)/t23-/m1/s1. The molecule has 1 atom stereocenters. The van der Waals surface area contributed by atoms with Crippen LogP contribution in [0.2, 0.25) is 0 Å². The van der Waals surface area contributed by atoms with Crippen LogP contribution in [0.1, 0.15) is 47.2 Å². The molecule has 5 rings (SSSR count). The number of nitrogens with zero attached hydrogens (tertiary/aromatic N) is 3. The third-order valence-electron chi connectivity index (χ3n) is 7.27. The first kappa shape index (κ1) is 26.9. The zero-order valence-corrected chi connectivity index (χ0v) is 21.8. The molecule has 1 amide bonds. The van der Waals surface area contributed by atoms with Crippen LogP contribution in [0.5, 0.6) is 5.75 Å². The Balaban J connectivity index is 1.42. The fourth-order valence-electron chi connectivity index (χ4n) is 5.13. The Labute approximate surface area is 227 Å². The minimum Gasteiger partial charge on any atom is -0.490 e. The zero-order valence-electron chi connectivity index (χ0n) is 21.8. The molecule has 2 aromatic carbocycles. The summed E-state index contributed by atoms with van der Waals surface area (Å²) in [4.78, 5) is 32.2. The van der Waals surface area contributed by atoms with E-state index in [0.29, 0.717) is 36.8 Å². The number of carbonyl (C=O) groups excluding carboxylic acids is 1. The number of ether oxygens (including phenoxy) is 1. The first-order valence-electron chi connectivity index (χ1n) is 13.4. The monoisotopic (exact) mass is 533 g/mol. The molecule has 206 valence electrons. The summed E-state index contributed by atoms with van der Waals surface area (Å²) in [6, 6.07) is 15.0. The van der Waals surface area contributed by atoms with Crippen molar-refractivity contribution < 1.29 is 19.7 Å². The second-order valence-electron chi connectivity index (χ2n) is 10.3. The molecule has 39 heavy (non-hydrogen) atoms. The van der Waals surface area contributed by atoms with E-state index in [1.807, 2.05) is 30.3 Å². The smallest absolute Gasteiger partial charge is 0.293 e. The van der Waals surface area contributed by atoms with Crippen molar-refractivity contribution in [2.24, 2.45) is 5.73 Å². The number of aliphatic hydroxyl groups excluding tert-OH is 2. The van der Waals surface area contributed by atoms with E-state index in [1.165, 1.54) is 0 Å². The van der Waals surface area contributed by atoms with Crippen molar-refractivity contribution in [3.63, 3.8) is 0 Å². The summed E-state index contributed by atoms with van der Waals surface area (Å²) in [5.74, 6) is 0.581. The number of hydrogen-bond acceptors (Lipinski definition) is 8. The first-order valence-corrected chi connectivity index (χ1v) is 13.4. The van der Waals surface area contributed by atoms with E-state index in [0.717, 1.165) is 36.8 Å². The van der Waals surface area contributed by atoms with Gasteiger partial charge >= 0.3 is 0 Å². The first-order chi connectivity index (χ1) is 18.9. The number of para-hydroxylation sites is 1. The molecule has 3 aromatic rings. The molecular weight excluding hydrogens is 498 g/mol. The highest BCUT2D eigenvalue weighted by molar-refractivity contribution is 5.92. The van der Waals surface area contributed by atoms with E-state index in [2.05, 4.69) is 15.2 Å². The van der Waals surface area contributed by atoms with Gasteiger partial charge < -0.3 is 35.5 Å². The highest BCUT2D eigenvalue weighted by Crippen LogP contribution is 2.57. The van der Waals surface area contributed by atoms with Crippen molar-refractivity contribution in [1.29, 1.82) is 0 Å². The Morgan fingerprint density at radius 2 is 2.03 bits per heavy atom. The molecule has 0 bridgehead atoms. The lowest BCUT2D eigenvalue weighted by Crippen LogP contribution is -2.43. The Morgan fingerprint density at radius 3 is 2.74 bits per heavy atom. The summed E-state index contributed by atoms with van der Waals surface area (Å²) >= 11 is 0. The quantitative estimate of drug-likeness (QED) is 0.228. The molecule has 10 nitrogen and oxygen atoms in total. The molecule has 0 unspecified atom stereocenters. The maximum absolute atomic E-state index is 13.8. The molecule has 2 saturated carbocycles. The topological polar surface area (TPSA) is 143 Å². The molecule has 10 heteroatoms. The average molecular weight is 534 g/mol.